The first kappa shape index (κ1) is 20.3. The van der Waals surface area contributed by atoms with E-state index >= 15 is 0 Å². The van der Waals surface area contributed by atoms with Crippen LogP contribution in [0.25, 0.3) is 0 Å². The molecular formula is C24H46. The van der Waals surface area contributed by atoms with Crippen molar-refractivity contribution >= 4 is 0 Å². The van der Waals surface area contributed by atoms with Gasteiger partial charge in [0.1, 0.15) is 0 Å². The average molecular weight is 335 g/mol. The molecule has 0 bridgehead atoms. The molecule has 0 nitrogen and oxygen atoms in total. The van der Waals surface area contributed by atoms with Gasteiger partial charge in [-0.05, 0) is 54.3 Å². The molecule has 0 saturated heterocycles. The lowest BCUT2D eigenvalue weighted by molar-refractivity contribution is 0.175. The SMILES string of the molecule is CCCCC(CCCC)C1CCCC(CC2C(C)C2C)C(C)CC1. The molecule has 0 heterocycles. The number of hydrogen-bond donors (Lipinski definition) is 0. The molecule has 2 aliphatic carbocycles. The second-order valence-electron chi connectivity index (χ2n) is 9.67. The molecule has 0 N–H and O–H groups in total. The Morgan fingerprint density at radius 1 is 0.792 bits per heavy atom. The summed E-state index contributed by atoms with van der Waals surface area (Å²) in [4.78, 5) is 0. The summed E-state index contributed by atoms with van der Waals surface area (Å²) in [5.74, 6) is 7.20. The van der Waals surface area contributed by atoms with Gasteiger partial charge in [0.25, 0.3) is 0 Å². The van der Waals surface area contributed by atoms with E-state index in [0.717, 1.165) is 41.4 Å². The average Bonchev–Trinajstić information content (AvgIpc) is 3.13. The molecule has 2 rings (SSSR count). The molecule has 2 saturated carbocycles. The van der Waals surface area contributed by atoms with Gasteiger partial charge in [-0.2, -0.15) is 0 Å². The molecular weight excluding hydrogens is 288 g/mol. The van der Waals surface area contributed by atoms with Crippen molar-refractivity contribution in [1.82, 2.24) is 0 Å². The Bertz CT molecular complexity index is 317. The van der Waals surface area contributed by atoms with E-state index < -0.39 is 0 Å². The number of hydrogen-bond acceptors (Lipinski definition) is 0. The van der Waals surface area contributed by atoms with Gasteiger partial charge in [0.15, 0.2) is 0 Å². The highest BCUT2D eigenvalue weighted by Gasteiger charge is 2.44. The van der Waals surface area contributed by atoms with E-state index in [1.54, 1.807) is 6.42 Å². The third kappa shape index (κ3) is 5.77. The summed E-state index contributed by atoms with van der Waals surface area (Å²) in [7, 11) is 0. The standard InChI is InChI=1S/C24H46/c1-6-8-11-21(12-9-7-2)22-13-10-14-23(18(3)15-16-22)17-24-19(4)20(24)5/h18-24H,6-17H2,1-5H3. The summed E-state index contributed by atoms with van der Waals surface area (Å²) in [6.45, 7) is 12.3. The van der Waals surface area contributed by atoms with Crippen molar-refractivity contribution in [2.75, 3.05) is 0 Å². The highest BCUT2D eigenvalue weighted by molar-refractivity contribution is 4.93. The first-order valence-corrected chi connectivity index (χ1v) is 11.6. The van der Waals surface area contributed by atoms with Crippen molar-refractivity contribution in [3.63, 3.8) is 0 Å². The van der Waals surface area contributed by atoms with Gasteiger partial charge < -0.3 is 0 Å². The fourth-order valence-electron chi connectivity index (χ4n) is 5.70. The molecule has 0 aromatic carbocycles. The Labute approximate surface area is 153 Å². The quantitative estimate of drug-likeness (QED) is 0.399. The Kier molecular flexibility index (Phi) is 8.65. The maximum absolute atomic E-state index is 2.58. The Balaban J connectivity index is 1.83. The van der Waals surface area contributed by atoms with Crippen molar-refractivity contribution in [1.29, 1.82) is 0 Å². The van der Waals surface area contributed by atoms with Crippen molar-refractivity contribution in [3.8, 4) is 0 Å². The molecule has 0 aromatic rings. The predicted octanol–water partition coefficient (Wildman–Crippen LogP) is 8.11. The van der Waals surface area contributed by atoms with Crippen LogP contribution in [0.2, 0.25) is 0 Å². The first-order valence-electron chi connectivity index (χ1n) is 11.6. The zero-order chi connectivity index (χ0) is 17.5. The maximum atomic E-state index is 2.58. The molecule has 0 aliphatic heterocycles. The zero-order valence-electron chi connectivity index (χ0n) is 17.5. The molecule has 5 unspecified atom stereocenters. The smallest absolute Gasteiger partial charge is 0.0355 e. The lowest BCUT2D eigenvalue weighted by Crippen LogP contribution is -2.22. The van der Waals surface area contributed by atoms with Crippen LogP contribution in [0.15, 0.2) is 0 Å². The van der Waals surface area contributed by atoms with Crippen LogP contribution < -0.4 is 0 Å². The van der Waals surface area contributed by atoms with Gasteiger partial charge in [-0.1, -0.05) is 98.8 Å². The van der Waals surface area contributed by atoms with Gasteiger partial charge in [0.2, 0.25) is 0 Å². The zero-order valence-corrected chi connectivity index (χ0v) is 17.5. The summed E-state index contributed by atoms with van der Waals surface area (Å²) in [6.07, 6.45) is 17.9. The first-order chi connectivity index (χ1) is 11.6. The van der Waals surface area contributed by atoms with Gasteiger partial charge in [-0.3, -0.25) is 0 Å². The van der Waals surface area contributed by atoms with E-state index in [2.05, 4.69) is 34.6 Å². The highest BCUT2D eigenvalue weighted by Crippen LogP contribution is 2.51. The lowest BCUT2D eigenvalue weighted by atomic mass is 9.72. The summed E-state index contributed by atoms with van der Waals surface area (Å²) in [6, 6.07) is 0. The van der Waals surface area contributed by atoms with Gasteiger partial charge in [-0.15, -0.1) is 0 Å². The van der Waals surface area contributed by atoms with Crippen LogP contribution >= 0.6 is 0 Å². The summed E-state index contributed by atoms with van der Waals surface area (Å²) in [5, 5.41) is 0. The van der Waals surface area contributed by atoms with Crippen LogP contribution in [-0.4, -0.2) is 0 Å². The molecule has 5 atom stereocenters. The number of rotatable bonds is 9. The summed E-state index contributed by atoms with van der Waals surface area (Å²) in [5.41, 5.74) is 0. The van der Waals surface area contributed by atoms with Crippen LogP contribution in [0.3, 0.4) is 0 Å². The van der Waals surface area contributed by atoms with Gasteiger partial charge in [-0.25, -0.2) is 0 Å². The second kappa shape index (κ2) is 10.2. The fourth-order valence-corrected chi connectivity index (χ4v) is 5.70. The molecule has 0 spiro atoms. The van der Waals surface area contributed by atoms with Gasteiger partial charge in [0.05, 0.1) is 0 Å². The molecule has 2 fully saturated rings. The number of unbranched alkanes of at least 4 members (excludes halogenated alkanes) is 2. The predicted molar refractivity (Wildman–Crippen MR) is 108 cm³/mol. The molecule has 0 heteroatoms. The summed E-state index contributed by atoms with van der Waals surface area (Å²) >= 11 is 0. The van der Waals surface area contributed by atoms with Crippen molar-refractivity contribution in [2.45, 2.75) is 112 Å². The van der Waals surface area contributed by atoms with E-state index in [9.17, 15) is 0 Å². The molecule has 142 valence electrons. The monoisotopic (exact) mass is 334 g/mol. The van der Waals surface area contributed by atoms with Crippen LogP contribution in [0, 0.1) is 41.4 Å². The van der Waals surface area contributed by atoms with E-state index in [1.165, 1.54) is 70.6 Å². The van der Waals surface area contributed by atoms with Crippen LogP contribution in [0.1, 0.15) is 112 Å². The van der Waals surface area contributed by atoms with E-state index in [4.69, 9.17) is 0 Å². The minimum atomic E-state index is 0.978. The fraction of sp³-hybridized carbons (Fsp3) is 1.00. The maximum Gasteiger partial charge on any atom is -0.0355 e. The third-order valence-electron chi connectivity index (χ3n) is 8.09. The van der Waals surface area contributed by atoms with E-state index in [1.807, 2.05) is 0 Å². The molecule has 0 aromatic heterocycles. The van der Waals surface area contributed by atoms with Crippen molar-refractivity contribution in [3.05, 3.63) is 0 Å². The van der Waals surface area contributed by atoms with Crippen molar-refractivity contribution in [2.24, 2.45) is 41.4 Å². The summed E-state index contributed by atoms with van der Waals surface area (Å²) < 4.78 is 0. The van der Waals surface area contributed by atoms with Gasteiger partial charge >= 0.3 is 0 Å². The third-order valence-corrected chi connectivity index (χ3v) is 8.09. The highest BCUT2D eigenvalue weighted by atomic mass is 14.5. The van der Waals surface area contributed by atoms with E-state index in [0.29, 0.717) is 0 Å². The lowest BCUT2D eigenvalue weighted by Gasteiger charge is -2.34. The normalized spacial score (nSPS) is 37.2. The van der Waals surface area contributed by atoms with Crippen LogP contribution in [0.4, 0.5) is 0 Å². The molecule has 24 heavy (non-hydrogen) atoms. The Hall–Kier alpha value is 0. The Morgan fingerprint density at radius 2 is 1.42 bits per heavy atom. The van der Waals surface area contributed by atoms with Gasteiger partial charge in [0, 0.05) is 0 Å². The minimum absolute atomic E-state index is 0.978. The molecule has 0 amide bonds. The minimum Gasteiger partial charge on any atom is -0.0654 e. The topological polar surface area (TPSA) is 0 Å². The molecule has 2 aliphatic rings. The van der Waals surface area contributed by atoms with Crippen molar-refractivity contribution < 1.29 is 0 Å². The van der Waals surface area contributed by atoms with E-state index in [-0.39, 0.29) is 0 Å². The largest absolute Gasteiger partial charge is 0.0654 e. The molecule has 0 radical (unpaired) electrons. The Morgan fingerprint density at radius 3 is 1.96 bits per heavy atom. The second-order valence-corrected chi connectivity index (χ2v) is 9.67. The van der Waals surface area contributed by atoms with Crippen LogP contribution in [0.5, 0.6) is 0 Å². The van der Waals surface area contributed by atoms with Crippen LogP contribution in [-0.2, 0) is 0 Å².